The van der Waals surface area contributed by atoms with Crippen LogP contribution in [0.4, 0.5) is 5.69 Å². The van der Waals surface area contributed by atoms with Gasteiger partial charge in [-0.25, -0.2) is 4.79 Å². The molecule has 1 saturated heterocycles. The minimum atomic E-state index is -0.299. The molecule has 0 saturated carbocycles. The molecule has 0 amide bonds. The Morgan fingerprint density at radius 2 is 1.94 bits per heavy atom. The fraction of sp³-hybridized carbons (Fsp3) is 0.308. The average molecular weight is 230 g/mol. The summed E-state index contributed by atoms with van der Waals surface area (Å²) in [7, 11) is 0. The van der Waals surface area contributed by atoms with Crippen molar-refractivity contribution in [1.29, 1.82) is 0 Å². The normalized spacial score (nSPS) is 16.4. The van der Waals surface area contributed by atoms with Gasteiger partial charge in [0, 0.05) is 43.3 Å². The lowest BCUT2D eigenvalue weighted by Gasteiger charge is -2.29. The third-order valence-electron chi connectivity index (χ3n) is 3.09. The molecule has 1 fully saturated rings. The van der Waals surface area contributed by atoms with Crippen molar-refractivity contribution in [2.24, 2.45) is 0 Å². The molecular formula is C13H14N2O2. The molecule has 17 heavy (non-hydrogen) atoms. The van der Waals surface area contributed by atoms with Crippen LogP contribution in [-0.4, -0.2) is 26.2 Å². The lowest BCUT2D eigenvalue weighted by atomic mass is 10.2. The summed E-state index contributed by atoms with van der Waals surface area (Å²) < 4.78 is 5.12. The van der Waals surface area contributed by atoms with Gasteiger partial charge < -0.3 is 14.6 Å². The van der Waals surface area contributed by atoms with E-state index in [1.54, 1.807) is 0 Å². The van der Waals surface area contributed by atoms with Gasteiger partial charge in [0.05, 0.1) is 0 Å². The van der Waals surface area contributed by atoms with Gasteiger partial charge in [0.25, 0.3) is 0 Å². The highest BCUT2D eigenvalue weighted by Crippen LogP contribution is 2.21. The topological polar surface area (TPSA) is 45.5 Å². The maximum atomic E-state index is 11.1. The summed E-state index contributed by atoms with van der Waals surface area (Å²) in [5.74, 6) is 0. The van der Waals surface area contributed by atoms with Crippen LogP contribution in [0.15, 0.2) is 39.5 Å². The smallest absolute Gasteiger partial charge is 0.336 e. The molecule has 1 aliphatic rings. The summed E-state index contributed by atoms with van der Waals surface area (Å²) in [6, 6.07) is 9.23. The van der Waals surface area contributed by atoms with E-state index < -0.39 is 0 Å². The zero-order valence-corrected chi connectivity index (χ0v) is 9.48. The van der Waals surface area contributed by atoms with Crippen LogP contribution in [0.3, 0.4) is 0 Å². The Bertz CT molecular complexity index is 585. The monoisotopic (exact) mass is 230 g/mol. The highest BCUT2D eigenvalue weighted by atomic mass is 16.4. The van der Waals surface area contributed by atoms with Crippen molar-refractivity contribution in [2.75, 3.05) is 31.1 Å². The van der Waals surface area contributed by atoms with Crippen LogP contribution in [0.5, 0.6) is 0 Å². The number of hydrogen-bond acceptors (Lipinski definition) is 4. The van der Waals surface area contributed by atoms with Crippen LogP contribution < -0.4 is 15.8 Å². The first-order valence-corrected chi connectivity index (χ1v) is 5.82. The number of nitrogens with one attached hydrogen (secondary N) is 1. The van der Waals surface area contributed by atoms with Crippen molar-refractivity contribution in [3.05, 3.63) is 40.8 Å². The van der Waals surface area contributed by atoms with Gasteiger partial charge in [0.1, 0.15) is 5.58 Å². The quantitative estimate of drug-likeness (QED) is 0.748. The number of nitrogens with zero attached hydrogens (tertiary/aromatic N) is 1. The summed E-state index contributed by atoms with van der Waals surface area (Å²) in [5, 5.41) is 4.30. The first-order chi connectivity index (χ1) is 8.33. The number of rotatable bonds is 1. The number of piperazine rings is 1. The van der Waals surface area contributed by atoms with Gasteiger partial charge in [0.15, 0.2) is 0 Å². The summed E-state index contributed by atoms with van der Waals surface area (Å²) in [5.41, 5.74) is 1.54. The minimum absolute atomic E-state index is 0.299. The lowest BCUT2D eigenvalue weighted by Crippen LogP contribution is -2.43. The van der Waals surface area contributed by atoms with Crippen LogP contribution in [0.1, 0.15) is 0 Å². The number of anilines is 1. The van der Waals surface area contributed by atoms with Crippen LogP contribution in [0.2, 0.25) is 0 Å². The van der Waals surface area contributed by atoms with Crippen molar-refractivity contribution in [2.45, 2.75) is 0 Å². The molecule has 4 heteroatoms. The zero-order chi connectivity index (χ0) is 11.7. The Hall–Kier alpha value is -1.81. The van der Waals surface area contributed by atoms with E-state index in [2.05, 4.69) is 16.3 Å². The molecule has 0 unspecified atom stereocenters. The third kappa shape index (κ3) is 2.03. The van der Waals surface area contributed by atoms with Gasteiger partial charge in [-0.05, 0) is 24.3 Å². The maximum Gasteiger partial charge on any atom is 0.336 e. The molecule has 0 aliphatic carbocycles. The van der Waals surface area contributed by atoms with E-state index in [0.717, 1.165) is 31.6 Å². The van der Waals surface area contributed by atoms with Gasteiger partial charge in [-0.15, -0.1) is 0 Å². The average Bonchev–Trinajstić information content (AvgIpc) is 2.39. The van der Waals surface area contributed by atoms with Crippen LogP contribution >= 0.6 is 0 Å². The summed E-state index contributed by atoms with van der Waals surface area (Å²) >= 11 is 0. The van der Waals surface area contributed by atoms with Gasteiger partial charge >= 0.3 is 5.63 Å². The highest BCUT2D eigenvalue weighted by Gasteiger charge is 2.10. The van der Waals surface area contributed by atoms with Gasteiger partial charge in [-0.2, -0.15) is 0 Å². The van der Waals surface area contributed by atoms with E-state index in [1.165, 1.54) is 11.8 Å². The summed E-state index contributed by atoms with van der Waals surface area (Å²) in [6.45, 7) is 4.06. The van der Waals surface area contributed by atoms with Crippen molar-refractivity contribution in [1.82, 2.24) is 5.32 Å². The van der Waals surface area contributed by atoms with Crippen LogP contribution in [-0.2, 0) is 0 Å². The first kappa shape index (κ1) is 10.4. The molecule has 0 bridgehead atoms. The summed E-state index contributed by atoms with van der Waals surface area (Å²) in [6.07, 6.45) is 0. The van der Waals surface area contributed by atoms with E-state index in [4.69, 9.17) is 4.42 Å². The number of fused-ring (bicyclic) bond motifs is 1. The molecule has 3 rings (SSSR count). The van der Waals surface area contributed by atoms with Crippen molar-refractivity contribution < 1.29 is 4.42 Å². The Balaban J connectivity index is 2.01. The Morgan fingerprint density at radius 3 is 2.76 bits per heavy atom. The fourth-order valence-electron chi connectivity index (χ4n) is 2.18. The molecule has 2 aromatic rings. The molecule has 2 heterocycles. The van der Waals surface area contributed by atoms with Crippen LogP contribution in [0.25, 0.3) is 11.0 Å². The second-order valence-electron chi connectivity index (χ2n) is 4.21. The Morgan fingerprint density at radius 1 is 1.12 bits per heavy atom. The number of hydrogen-bond donors (Lipinski definition) is 1. The minimum Gasteiger partial charge on any atom is -0.423 e. The summed E-state index contributed by atoms with van der Waals surface area (Å²) in [4.78, 5) is 13.4. The predicted octanol–water partition coefficient (Wildman–Crippen LogP) is 1.20. The molecule has 4 nitrogen and oxygen atoms in total. The van der Waals surface area contributed by atoms with E-state index in [-0.39, 0.29) is 5.63 Å². The van der Waals surface area contributed by atoms with Crippen molar-refractivity contribution in [3.63, 3.8) is 0 Å². The fourth-order valence-corrected chi connectivity index (χ4v) is 2.18. The molecular weight excluding hydrogens is 216 g/mol. The van der Waals surface area contributed by atoms with E-state index >= 15 is 0 Å². The first-order valence-electron chi connectivity index (χ1n) is 5.82. The molecule has 1 aromatic carbocycles. The molecule has 88 valence electrons. The highest BCUT2D eigenvalue weighted by molar-refractivity contribution is 5.80. The lowest BCUT2D eigenvalue weighted by molar-refractivity contribution is 0.560. The van der Waals surface area contributed by atoms with Crippen molar-refractivity contribution >= 4 is 16.7 Å². The van der Waals surface area contributed by atoms with E-state index in [9.17, 15) is 4.79 Å². The Kier molecular flexibility index (Phi) is 2.57. The second kappa shape index (κ2) is 4.22. The molecule has 0 spiro atoms. The SMILES string of the molecule is O=c1ccc2cc(N3CCNCC3)ccc2o1. The molecule has 1 aromatic heterocycles. The van der Waals surface area contributed by atoms with E-state index in [0.29, 0.717) is 5.58 Å². The molecule has 0 atom stereocenters. The number of benzene rings is 1. The maximum absolute atomic E-state index is 11.1. The van der Waals surface area contributed by atoms with Gasteiger partial charge in [-0.1, -0.05) is 0 Å². The van der Waals surface area contributed by atoms with Crippen molar-refractivity contribution in [3.8, 4) is 0 Å². The second-order valence-corrected chi connectivity index (χ2v) is 4.21. The molecule has 1 aliphatic heterocycles. The largest absolute Gasteiger partial charge is 0.423 e. The molecule has 1 N–H and O–H groups in total. The molecule has 0 radical (unpaired) electrons. The van der Waals surface area contributed by atoms with E-state index in [1.807, 2.05) is 18.2 Å². The van der Waals surface area contributed by atoms with Crippen LogP contribution in [0, 0.1) is 0 Å². The zero-order valence-electron chi connectivity index (χ0n) is 9.48. The standard InChI is InChI=1S/C13H14N2O2/c16-13-4-1-10-9-11(2-3-12(10)17-13)15-7-5-14-6-8-15/h1-4,9,14H,5-8H2. The third-order valence-corrected chi connectivity index (χ3v) is 3.09. The van der Waals surface area contributed by atoms with Gasteiger partial charge in [-0.3, -0.25) is 0 Å². The van der Waals surface area contributed by atoms with Gasteiger partial charge in [0.2, 0.25) is 0 Å². The predicted molar refractivity (Wildman–Crippen MR) is 67.6 cm³/mol. The Labute approximate surface area is 98.8 Å².